The number of hydrogen-bond acceptors (Lipinski definition) is 2. The number of hydrogen-bond donors (Lipinski definition) is 0. The van der Waals surface area contributed by atoms with Gasteiger partial charge in [0.05, 0.1) is 6.20 Å². The Labute approximate surface area is 102 Å². The number of aryl methyl sites for hydroxylation is 1. The minimum absolute atomic E-state index is 1.10. The van der Waals surface area contributed by atoms with Crippen molar-refractivity contribution in [2.45, 2.75) is 19.8 Å². The highest BCUT2D eigenvalue weighted by Crippen LogP contribution is 2.20. The molecule has 88 valence electrons. The maximum Gasteiger partial charge on any atom is 0.147 e. The molecule has 0 bridgehead atoms. The Bertz CT molecular complexity index is 510. The first kappa shape index (κ1) is 10.4. The Morgan fingerprint density at radius 1 is 1.12 bits per heavy atom. The Balaban J connectivity index is 1.92. The topological polar surface area (TPSA) is 21.1 Å². The van der Waals surface area contributed by atoms with E-state index in [0.29, 0.717) is 0 Å². The summed E-state index contributed by atoms with van der Waals surface area (Å²) in [6.07, 6.45) is 6.62. The van der Waals surface area contributed by atoms with Crippen LogP contribution in [0.15, 0.2) is 36.8 Å². The molecule has 3 heteroatoms. The predicted octanol–water partition coefficient (Wildman–Crippen LogP) is 2.78. The number of rotatable bonds is 2. The van der Waals surface area contributed by atoms with E-state index < -0.39 is 0 Å². The van der Waals surface area contributed by atoms with Crippen molar-refractivity contribution >= 4 is 5.82 Å². The van der Waals surface area contributed by atoms with E-state index in [1.54, 1.807) is 0 Å². The molecule has 3 rings (SSSR count). The molecule has 1 saturated heterocycles. The van der Waals surface area contributed by atoms with Gasteiger partial charge in [-0.2, -0.15) is 0 Å². The van der Waals surface area contributed by atoms with Gasteiger partial charge in [-0.1, -0.05) is 18.2 Å². The van der Waals surface area contributed by atoms with Crippen molar-refractivity contribution in [1.29, 1.82) is 0 Å². The number of aromatic nitrogens is 2. The van der Waals surface area contributed by atoms with E-state index in [2.05, 4.69) is 51.8 Å². The molecule has 0 N–H and O–H groups in total. The third kappa shape index (κ3) is 1.93. The molecule has 0 saturated carbocycles. The van der Waals surface area contributed by atoms with Gasteiger partial charge in [0.15, 0.2) is 0 Å². The first-order valence-electron chi connectivity index (χ1n) is 6.19. The van der Waals surface area contributed by atoms with Gasteiger partial charge in [0.2, 0.25) is 0 Å². The molecule has 0 aliphatic carbocycles. The van der Waals surface area contributed by atoms with Crippen LogP contribution in [0.2, 0.25) is 0 Å². The Morgan fingerprint density at radius 2 is 1.88 bits per heavy atom. The lowest BCUT2D eigenvalue weighted by molar-refractivity contribution is 0.945. The highest BCUT2D eigenvalue weighted by molar-refractivity contribution is 5.45. The first-order chi connectivity index (χ1) is 8.34. The van der Waals surface area contributed by atoms with Crippen LogP contribution in [0.4, 0.5) is 5.82 Å². The lowest BCUT2D eigenvalue weighted by Crippen LogP contribution is -2.17. The summed E-state index contributed by atoms with van der Waals surface area (Å²) in [4.78, 5) is 6.86. The third-order valence-electron chi connectivity index (χ3n) is 3.39. The summed E-state index contributed by atoms with van der Waals surface area (Å²) >= 11 is 0. The van der Waals surface area contributed by atoms with Gasteiger partial charge >= 0.3 is 0 Å². The van der Waals surface area contributed by atoms with Crippen LogP contribution >= 0.6 is 0 Å². The Morgan fingerprint density at radius 3 is 2.65 bits per heavy atom. The van der Waals surface area contributed by atoms with Gasteiger partial charge < -0.3 is 9.47 Å². The molecule has 0 spiro atoms. The van der Waals surface area contributed by atoms with E-state index in [9.17, 15) is 0 Å². The number of benzene rings is 1. The van der Waals surface area contributed by atoms with Gasteiger partial charge in [-0.25, -0.2) is 4.98 Å². The molecule has 0 atom stereocenters. The molecule has 1 fully saturated rings. The summed E-state index contributed by atoms with van der Waals surface area (Å²) in [5.41, 5.74) is 2.49. The second kappa shape index (κ2) is 4.24. The summed E-state index contributed by atoms with van der Waals surface area (Å²) < 4.78 is 2.11. The summed E-state index contributed by atoms with van der Waals surface area (Å²) in [5.74, 6) is 1.10. The van der Waals surface area contributed by atoms with E-state index in [4.69, 9.17) is 0 Å². The molecule has 1 aromatic heterocycles. The van der Waals surface area contributed by atoms with Crippen LogP contribution in [0.5, 0.6) is 0 Å². The van der Waals surface area contributed by atoms with Crippen LogP contribution in [0, 0.1) is 6.92 Å². The Hall–Kier alpha value is -1.77. The van der Waals surface area contributed by atoms with Gasteiger partial charge in [0, 0.05) is 18.8 Å². The minimum atomic E-state index is 1.10. The normalized spacial score (nSPS) is 15.5. The smallest absolute Gasteiger partial charge is 0.147 e. The van der Waals surface area contributed by atoms with Crippen LogP contribution < -0.4 is 4.90 Å². The highest BCUT2D eigenvalue weighted by Gasteiger charge is 2.14. The van der Waals surface area contributed by atoms with Crippen LogP contribution in [0.3, 0.4) is 0 Å². The molecule has 1 aliphatic heterocycles. The monoisotopic (exact) mass is 227 g/mol. The average Bonchev–Trinajstić information content (AvgIpc) is 3.00. The standard InChI is InChI=1S/C14H17N3/c1-12-6-2-3-7-13(12)17-10-14(15-11-17)16-8-4-5-9-16/h2-3,6-7,10-11H,4-5,8-9H2,1H3. The summed E-state index contributed by atoms with van der Waals surface area (Å²) in [5, 5.41) is 0. The molecule has 17 heavy (non-hydrogen) atoms. The zero-order chi connectivity index (χ0) is 11.7. The van der Waals surface area contributed by atoms with Crippen LogP contribution in [-0.2, 0) is 0 Å². The van der Waals surface area contributed by atoms with E-state index in [1.165, 1.54) is 24.1 Å². The van der Waals surface area contributed by atoms with Gasteiger partial charge in [-0.05, 0) is 31.4 Å². The van der Waals surface area contributed by atoms with E-state index >= 15 is 0 Å². The fraction of sp³-hybridized carbons (Fsp3) is 0.357. The maximum absolute atomic E-state index is 4.50. The number of nitrogens with zero attached hydrogens (tertiary/aromatic N) is 3. The molecular formula is C14H17N3. The lowest BCUT2D eigenvalue weighted by atomic mass is 10.2. The molecule has 0 radical (unpaired) electrons. The molecule has 0 amide bonds. The average molecular weight is 227 g/mol. The van der Waals surface area contributed by atoms with Crippen LogP contribution in [-0.4, -0.2) is 22.6 Å². The Kier molecular flexibility index (Phi) is 2.59. The maximum atomic E-state index is 4.50. The van der Waals surface area contributed by atoms with E-state index in [1.807, 2.05) is 6.33 Å². The highest BCUT2D eigenvalue weighted by atomic mass is 15.2. The molecule has 0 unspecified atom stereocenters. The molecule has 3 nitrogen and oxygen atoms in total. The van der Waals surface area contributed by atoms with Crippen molar-refractivity contribution in [3.8, 4) is 5.69 Å². The second-order valence-electron chi connectivity index (χ2n) is 4.62. The molecular weight excluding hydrogens is 210 g/mol. The van der Waals surface area contributed by atoms with Crippen molar-refractivity contribution in [3.05, 3.63) is 42.4 Å². The van der Waals surface area contributed by atoms with Crippen molar-refractivity contribution < 1.29 is 0 Å². The van der Waals surface area contributed by atoms with E-state index in [-0.39, 0.29) is 0 Å². The predicted molar refractivity (Wildman–Crippen MR) is 69.7 cm³/mol. The zero-order valence-electron chi connectivity index (χ0n) is 10.1. The fourth-order valence-corrected chi connectivity index (χ4v) is 2.41. The fourth-order valence-electron chi connectivity index (χ4n) is 2.41. The summed E-state index contributed by atoms with van der Waals surface area (Å²) in [6, 6.07) is 8.39. The molecule has 1 aliphatic rings. The largest absolute Gasteiger partial charge is 0.355 e. The SMILES string of the molecule is Cc1ccccc1-n1cnc(N2CCCC2)c1. The summed E-state index contributed by atoms with van der Waals surface area (Å²) in [6.45, 7) is 4.42. The van der Waals surface area contributed by atoms with Gasteiger partial charge in [0.25, 0.3) is 0 Å². The molecule has 2 aromatic rings. The van der Waals surface area contributed by atoms with Crippen LogP contribution in [0.1, 0.15) is 18.4 Å². The van der Waals surface area contributed by atoms with Crippen molar-refractivity contribution in [1.82, 2.24) is 9.55 Å². The molecule has 1 aromatic carbocycles. The van der Waals surface area contributed by atoms with Crippen molar-refractivity contribution in [2.24, 2.45) is 0 Å². The number of para-hydroxylation sites is 1. The first-order valence-corrected chi connectivity index (χ1v) is 6.19. The van der Waals surface area contributed by atoms with Gasteiger partial charge in [0.1, 0.15) is 12.1 Å². The quantitative estimate of drug-likeness (QED) is 0.786. The van der Waals surface area contributed by atoms with E-state index in [0.717, 1.165) is 18.9 Å². The minimum Gasteiger partial charge on any atom is -0.355 e. The lowest BCUT2D eigenvalue weighted by Gasteiger charge is -2.13. The van der Waals surface area contributed by atoms with Gasteiger partial charge in [-0.15, -0.1) is 0 Å². The van der Waals surface area contributed by atoms with Crippen LogP contribution in [0.25, 0.3) is 5.69 Å². The van der Waals surface area contributed by atoms with Crippen molar-refractivity contribution in [3.63, 3.8) is 0 Å². The summed E-state index contributed by atoms with van der Waals surface area (Å²) in [7, 11) is 0. The third-order valence-corrected chi connectivity index (χ3v) is 3.39. The second-order valence-corrected chi connectivity index (χ2v) is 4.62. The number of anilines is 1. The van der Waals surface area contributed by atoms with Gasteiger partial charge in [-0.3, -0.25) is 0 Å². The van der Waals surface area contributed by atoms with Crippen molar-refractivity contribution in [2.75, 3.05) is 18.0 Å². The molecule has 2 heterocycles. The number of imidazole rings is 1. The zero-order valence-corrected chi connectivity index (χ0v) is 10.1.